The predicted octanol–water partition coefficient (Wildman–Crippen LogP) is 4.29. The van der Waals surface area contributed by atoms with Gasteiger partial charge in [0, 0.05) is 27.7 Å². The molecule has 0 radical (unpaired) electrons. The minimum atomic E-state index is -2.16. The van der Waals surface area contributed by atoms with Crippen LogP contribution in [0.5, 0.6) is 0 Å². The lowest BCUT2D eigenvalue weighted by molar-refractivity contribution is -0.381. The molecular weight excluding hydrogens is 1090 g/mol. The monoisotopic (exact) mass is 1180 g/mol. The van der Waals surface area contributed by atoms with E-state index in [1.54, 1.807) is 41.5 Å². The average molecular weight is 1180 g/mol. The Kier molecular flexibility index (Phi) is 23.7. The van der Waals surface area contributed by atoms with Crippen molar-refractivity contribution in [3.8, 4) is 0 Å². The van der Waals surface area contributed by atoms with E-state index >= 15 is 0 Å². The second kappa shape index (κ2) is 27.4. The lowest BCUT2D eigenvalue weighted by Crippen LogP contribution is -2.69. The Hall–Kier alpha value is -5.54. The zero-order valence-corrected chi connectivity index (χ0v) is 51.4. The van der Waals surface area contributed by atoms with E-state index in [1.807, 2.05) is 0 Å². The molecule has 0 bridgehead atoms. The molecule has 0 saturated carbocycles. The summed E-state index contributed by atoms with van der Waals surface area (Å²) in [7, 11) is 0. The highest BCUT2D eigenvalue weighted by Gasteiger charge is 2.61. The smallest absolute Gasteiger partial charge is 0.311 e. The van der Waals surface area contributed by atoms with Gasteiger partial charge in [-0.25, -0.2) is 0 Å². The molecule has 1 N–H and O–H groups in total. The second-order valence-corrected chi connectivity index (χ2v) is 26.6. The molecule has 3 fully saturated rings. The Morgan fingerprint density at radius 2 is 0.573 bits per heavy atom. The molecule has 3 aliphatic rings. The summed E-state index contributed by atoms with van der Waals surface area (Å²) in [5, 5.41) is 11.8. The number of carbonyl (C=O) groups is 10. The molecule has 3 saturated heterocycles. The van der Waals surface area contributed by atoms with E-state index in [0.29, 0.717) is 0 Å². The van der Waals surface area contributed by atoms with Gasteiger partial charge in [0.05, 0.1) is 32.5 Å². The summed E-state index contributed by atoms with van der Waals surface area (Å²) < 4.78 is 91.1. The fourth-order valence-corrected chi connectivity index (χ4v) is 7.56. The van der Waals surface area contributed by atoms with E-state index in [2.05, 4.69) is 0 Å². The first kappa shape index (κ1) is 70.7. The number of hydrogen-bond donors (Lipinski definition) is 1. The normalized spacial score (nSPS) is 29.1. The minimum absolute atomic E-state index is 0.724. The first-order chi connectivity index (χ1) is 37.1. The van der Waals surface area contributed by atoms with Gasteiger partial charge in [-0.15, -0.1) is 0 Å². The summed E-state index contributed by atoms with van der Waals surface area (Å²) in [6.07, 6.45) is -28.8. The SMILES string of the molecule is CC(=O)OC[C@H]1O[C@H](O[C@H]2[C@@H](OC(=O)C(C)(C)C)[C@@H](COC(=O)C(C)(C)C)O[C@@H](O[C@H]3[C@H](OC(=O)C(C)(C)C)[C@@H](OC(=O)C(C)(C)C)C(O)O[C@@H]3COC(=O)C(C)(C)C)[C@@H]2OC(=O)C(C)(C)C)[C@H](OC(C)=O)[C@@H](OC(C)=O)[C@H]1OC(C)=O. The Morgan fingerprint density at radius 3 is 0.939 bits per heavy atom. The van der Waals surface area contributed by atoms with Crippen LogP contribution >= 0.6 is 0 Å². The zero-order valence-electron chi connectivity index (χ0n) is 51.4. The van der Waals surface area contributed by atoms with Crippen molar-refractivity contribution in [2.24, 2.45) is 32.5 Å². The molecule has 26 nitrogen and oxygen atoms in total. The van der Waals surface area contributed by atoms with Gasteiger partial charge in [0.15, 0.2) is 61.6 Å². The Bertz CT molecular complexity index is 2300. The van der Waals surface area contributed by atoms with E-state index in [1.165, 1.54) is 83.1 Å². The van der Waals surface area contributed by atoms with Gasteiger partial charge >= 0.3 is 59.7 Å². The maximum Gasteiger partial charge on any atom is 0.311 e. The lowest BCUT2D eigenvalue weighted by Gasteiger charge is -2.51. The molecule has 0 aromatic rings. The number of hydrogen-bond acceptors (Lipinski definition) is 26. The van der Waals surface area contributed by atoms with Crippen LogP contribution in [0.3, 0.4) is 0 Å². The summed E-state index contributed by atoms with van der Waals surface area (Å²) in [5.74, 6) is -9.23. The van der Waals surface area contributed by atoms with Crippen molar-refractivity contribution >= 4 is 59.7 Å². The molecule has 0 aromatic carbocycles. The molecule has 0 amide bonds. The van der Waals surface area contributed by atoms with Crippen molar-refractivity contribution in [1.29, 1.82) is 0 Å². The van der Waals surface area contributed by atoms with Gasteiger partial charge in [0.2, 0.25) is 0 Å². The second-order valence-electron chi connectivity index (χ2n) is 26.6. The van der Waals surface area contributed by atoms with Gasteiger partial charge in [0.1, 0.15) is 50.3 Å². The number of aliphatic hydroxyl groups excluding tert-OH is 1. The number of carbonyl (C=O) groups excluding carboxylic acids is 10. The number of ether oxygens (including phenoxy) is 15. The molecule has 0 spiro atoms. The standard InChI is InChI=1S/C56H88O26/c1-26(57)68-23-31-33(71-27(2)58)37(72-28(3)59)40(73-29(4)60)43(75-31)78-38-35(79-47(64)53(11,12)13)32(25-70-46(63)52(8,9)10)76-44(41(38)82-50(67)56(20,21)22)77-34-30(24-69-45(62)51(5,6)7)74-42(61)39(81-49(66)55(17,18)19)36(34)80-48(65)54(14,15)16/h30-44,61H,23-25H2,1-22H3/t30-,31-,32-,33+,34-,35+,36+,37+,38+,39-,40-,41-,42?,43-,44+/m1/s1. The highest BCUT2D eigenvalue weighted by molar-refractivity contribution is 5.78. The predicted molar refractivity (Wildman–Crippen MR) is 279 cm³/mol. The molecule has 1 unspecified atom stereocenters. The quantitative estimate of drug-likeness (QED) is 0.157. The molecule has 82 heavy (non-hydrogen) atoms. The largest absolute Gasteiger partial charge is 0.463 e. The van der Waals surface area contributed by atoms with Crippen molar-refractivity contribution in [2.45, 2.75) is 244 Å². The van der Waals surface area contributed by atoms with Crippen molar-refractivity contribution in [2.75, 3.05) is 19.8 Å². The van der Waals surface area contributed by atoms with E-state index in [0.717, 1.165) is 27.7 Å². The first-order valence-electron chi connectivity index (χ1n) is 26.9. The van der Waals surface area contributed by atoms with Gasteiger partial charge in [-0.3, -0.25) is 47.9 Å². The lowest BCUT2D eigenvalue weighted by atomic mass is 9.92. The first-order valence-corrected chi connectivity index (χ1v) is 26.9. The van der Waals surface area contributed by atoms with Crippen LogP contribution in [0.15, 0.2) is 0 Å². The molecule has 0 aromatic heterocycles. The van der Waals surface area contributed by atoms with Gasteiger partial charge in [-0.1, -0.05) is 0 Å². The summed E-state index contributed by atoms with van der Waals surface area (Å²) in [5.41, 5.74) is -7.58. The van der Waals surface area contributed by atoms with E-state index in [9.17, 15) is 53.1 Å². The van der Waals surface area contributed by atoms with Crippen molar-refractivity contribution in [3.05, 3.63) is 0 Å². The Labute approximate surface area is 479 Å². The topological polar surface area (TPSA) is 329 Å². The van der Waals surface area contributed by atoms with Crippen molar-refractivity contribution < 1.29 is 124 Å². The van der Waals surface area contributed by atoms with Crippen LogP contribution in [0.4, 0.5) is 0 Å². The average Bonchev–Trinajstić information content (AvgIpc) is 3.01. The third-order valence-electron chi connectivity index (χ3n) is 12.1. The number of aliphatic hydroxyl groups is 1. The van der Waals surface area contributed by atoms with E-state index < -0.39 is 204 Å². The highest BCUT2D eigenvalue weighted by Crippen LogP contribution is 2.40. The molecule has 26 heteroatoms. The third-order valence-corrected chi connectivity index (χ3v) is 12.1. The van der Waals surface area contributed by atoms with Crippen LogP contribution in [0.2, 0.25) is 0 Å². The van der Waals surface area contributed by atoms with Crippen molar-refractivity contribution in [1.82, 2.24) is 0 Å². The van der Waals surface area contributed by atoms with E-state index in [4.69, 9.17) is 71.1 Å². The van der Waals surface area contributed by atoms with Crippen LogP contribution in [-0.2, 0) is 119 Å². The third kappa shape index (κ3) is 20.1. The van der Waals surface area contributed by atoms with Gasteiger partial charge in [0.25, 0.3) is 0 Å². The van der Waals surface area contributed by atoms with Gasteiger partial charge < -0.3 is 76.2 Å². The highest BCUT2D eigenvalue weighted by atomic mass is 16.8. The summed E-state index contributed by atoms with van der Waals surface area (Å²) >= 11 is 0. The molecule has 3 heterocycles. The number of rotatable bonds is 17. The van der Waals surface area contributed by atoms with Crippen LogP contribution in [-0.4, -0.2) is 177 Å². The minimum Gasteiger partial charge on any atom is -0.463 e. The van der Waals surface area contributed by atoms with Gasteiger partial charge in [-0.05, 0) is 125 Å². The van der Waals surface area contributed by atoms with Crippen LogP contribution in [0.25, 0.3) is 0 Å². The Morgan fingerprint density at radius 1 is 0.305 bits per heavy atom. The van der Waals surface area contributed by atoms with Crippen molar-refractivity contribution in [3.63, 3.8) is 0 Å². The molecule has 3 rings (SSSR count). The fourth-order valence-electron chi connectivity index (χ4n) is 7.56. The molecule has 15 atom stereocenters. The summed E-state index contributed by atoms with van der Waals surface area (Å²) in [6, 6.07) is 0. The molecular formula is C56H88O26. The van der Waals surface area contributed by atoms with Crippen LogP contribution < -0.4 is 0 Å². The Balaban J connectivity index is 2.62. The van der Waals surface area contributed by atoms with E-state index in [-0.39, 0.29) is 0 Å². The van der Waals surface area contributed by atoms with Crippen LogP contribution in [0.1, 0.15) is 152 Å². The summed E-state index contributed by atoms with van der Waals surface area (Å²) in [4.78, 5) is 135. The fraction of sp³-hybridized carbons (Fsp3) is 0.821. The zero-order chi connectivity index (χ0) is 63.2. The van der Waals surface area contributed by atoms with Gasteiger partial charge in [-0.2, -0.15) is 0 Å². The molecule has 468 valence electrons. The summed E-state index contributed by atoms with van der Waals surface area (Å²) in [6.45, 7) is 29.0. The maximum atomic E-state index is 14.5. The van der Waals surface area contributed by atoms with Crippen LogP contribution in [0, 0.1) is 32.5 Å². The molecule has 3 aliphatic heterocycles. The number of esters is 10. The molecule has 0 aliphatic carbocycles. The maximum absolute atomic E-state index is 14.5.